The molecule has 0 spiro atoms. The summed E-state index contributed by atoms with van der Waals surface area (Å²) in [6, 6.07) is 0. The molecule has 0 saturated heterocycles. The second kappa shape index (κ2) is 16.0. The van der Waals surface area contributed by atoms with Crippen molar-refractivity contribution in [3.8, 4) is 0 Å². The SMILES string of the molecule is CCCCCCCCCCCC[C@@H](O[Si](C)(C)C(C)(C)C)[C@H](O)/C=C/C(=O)OCC. The maximum absolute atomic E-state index is 11.6. The van der Waals surface area contributed by atoms with Gasteiger partial charge in [0.25, 0.3) is 0 Å². The quantitative estimate of drug-likeness (QED) is 0.112. The normalized spacial score (nSPS) is 14.8. The highest BCUT2D eigenvalue weighted by molar-refractivity contribution is 6.74. The molecule has 0 aliphatic heterocycles. The van der Waals surface area contributed by atoms with E-state index in [4.69, 9.17) is 9.16 Å². The molecule has 0 heterocycles. The van der Waals surface area contributed by atoms with Crippen molar-refractivity contribution in [2.75, 3.05) is 6.61 Å². The van der Waals surface area contributed by atoms with Gasteiger partial charge in [0, 0.05) is 6.08 Å². The Labute approximate surface area is 187 Å². The van der Waals surface area contributed by atoms with Gasteiger partial charge in [0.2, 0.25) is 0 Å². The van der Waals surface area contributed by atoms with Crippen LogP contribution in [0.4, 0.5) is 0 Å². The third-order valence-corrected chi connectivity index (χ3v) is 10.7. The molecule has 30 heavy (non-hydrogen) atoms. The van der Waals surface area contributed by atoms with Gasteiger partial charge in [-0.3, -0.25) is 0 Å². The molecule has 0 rings (SSSR count). The number of carbonyl (C=O) groups excluding carboxylic acids is 1. The molecule has 0 aromatic carbocycles. The van der Waals surface area contributed by atoms with E-state index in [-0.39, 0.29) is 11.1 Å². The van der Waals surface area contributed by atoms with Crippen LogP contribution in [-0.2, 0) is 14.0 Å². The van der Waals surface area contributed by atoms with Gasteiger partial charge >= 0.3 is 5.97 Å². The smallest absolute Gasteiger partial charge is 0.330 e. The first-order valence-corrected chi connectivity index (χ1v) is 15.2. The summed E-state index contributed by atoms with van der Waals surface area (Å²) in [5.74, 6) is -0.415. The van der Waals surface area contributed by atoms with Crippen molar-refractivity contribution in [2.24, 2.45) is 0 Å². The zero-order chi connectivity index (χ0) is 23.0. The summed E-state index contributed by atoms with van der Waals surface area (Å²) >= 11 is 0. The third-order valence-electron chi connectivity index (χ3n) is 6.19. The van der Waals surface area contributed by atoms with E-state index in [1.807, 2.05) is 0 Å². The van der Waals surface area contributed by atoms with Crippen LogP contribution in [0.3, 0.4) is 0 Å². The molecule has 0 fully saturated rings. The Hall–Kier alpha value is -0.653. The molecule has 0 saturated carbocycles. The minimum Gasteiger partial charge on any atom is -0.463 e. The first-order chi connectivity index (χ1) is 14.0. The molecule has 0 bridgehead atoms. The Bertz CT molecular complexity index is 468. The number of rotatable bonds is 17. The summed E-state index contributed by atoms with van der Waals surface area (Å²) in [6.07, 6.45) is 15.5. The molecule has 2 atom stereocenters. The van der Waals surface area contributed by atoms with Crippen molar-refractivity contribution in [1.29, 1.82) is 0 Å². The lowest BCUT2D eigenvalue weighted by molar-refractivity contribution is -0.137. The Morgan fingerprint density at radius 1 is 0.933 bits per heavy atom. The van der Waals surface area contributed by atoms with Gasteiger partial charge in [-0.25, -0.2) is 4.79 Å². The third kappa shape index (κ3) is 13.6. The summed E-state index contributed by atoms with van der Waals surface area (Å²) in [5.41, 5.74) is 0. The van der Waals surface area contributed by atoms with E-state index in [0.29, 0.717) is 6.61 Å². The Morgan fingerprint density at radius 3 is 1.90 bits per heavy atom. The maximum atomic E-state index is 11.6. The van der Waals surface area contributed by atoms with Crippen LogP contribution in [0.5, 0.6) is 0 Å². The molecule has 0 aromatic heterocycles. The number of esters is 1. The predicted octanol–water partition coefficient (Wildman–Crippen LogP) is 7.17. The number of aliphatic hydroxyl groups is 1. The van der Waals surface area contributed by atoms with Gasteiger partial charge in [0.1, 0.15) is 0 Å². The fraction of sp³-hybridized carbons (Fsp3) is 0.880. The highest BCUT2D eigenvalue weighted by atomic mass is 28.4. The summed E-state index contributed by atoms with van der Waals surface area (Å²) < 4.78 is 11.4. The van der Waals surface area contributed by atoms with E-state index in [1.54, 1.807) is 6.92 Å². The van der Waals surface area contributed by atoms with Crippen LogP contribution < -0.4 is 0 Å². The lowest BCUT2D eigenvalue weighted by Crippen LogP contribution is -2.46. The van der Waals surface area contributed by atoms with Crippen molar-refractivity contribution < 1.29 is 19.1 Å². The van der Waals surface area contributed by atoms with Gasteiger partial charge < -0.3 is 14.3 Å². The minimum atomic E-state index is -2.01. The monoisotopic (exact) mass is 442 g/mol. The van der Waals surface area contributed by atoms with Crippen LogP contribution in [-0.4, -0.2) is 38.2 Å². The molecule has 178 valence electrons. The second-order valence-corrected chi connectivity index (χ2v) is 14.7. The van der Waals surface area contributed by atoms with E-state index in [2.05, 4.69) is 40.8 Å². The van der Waals surface area contributed by atoms with E-state index in [9.17, 15) is 9.90 Å². The van der Waals surface area contributed by atoms with Crippen molar-refractivity contribution in [3.63, 3.8) is 0 Å². The molecule has 1 N–H and O–H groups in total. The molecule has 0 amide bonds. The fourth-order valence-electron chi connectivity index (χ4n) is 3.18. The minimum absolute atomic E-state index is 0.0770. The van der Waals surface area contributed by atoms with Gasteiger partial charge in [0.05, 0.1) is 18.8 Å². The van der Waals surface area contributed by atoms with Gasteiger partial charge in [-0.15, -0.1) is 0 Å². The lowest BCUT2D eigenvalue weighted by Gasteiger charge is -2.40. The second-order valence-electron chi connectivity index (χ2n) is 9.99. The average molecular weight is 443 g/mol. The number of ether oxygens (including phenoxy) is 1. The standard InChI is InChI=1S/C25H50O4Si/c1-8-10-11-12-13-14-15-16-17-18-19-23(29-30(6,7)25(3,4)5)22(26)20-21-24(27)28-9-2/h20-23,26H,8-19H2,1-7H3/b21-20+/t22-,23-/m1/s1. The zero-order valence-corrected chi connectivity index (χ0v) is 22.0. The van der Waals surface area contributed by atoms with Gasteiger partial charge in [-0.1, -0.05) is 91.9 Å². The van der Waals surface area contributed by atoms with Crippen LogP contribution >= 0.6 is 0 Å². The topological polar surface area (TPSA) is 55.8 Å². The van der Waals surface area contributed by atoms with Gasteiger partial charge in [-0.2, -0.15) is 0 Å². The van der Waals surface area contributed by atoms with E-state index in [1.165, 1.54) is 69.9 Å². The summed E-state index contributed by atoms with van der Waals surface area (Å²) in [7, 11) is -2.01. The van der Waals surface area contributed by atoms with E-state index in [0.717, 1.165) is 12.8 Å². The highest BCUT2D eigenvalue weighted by Gasteiger charge is 2.40. The molecule has 0 aliphatic carbocycles. The largest absolute Gasteiger partial charge is 0.463 e. The Balaban J connectivity index is 4.55. The molecule has 0 aliphatic rings. The molecule has 0 radical (unpaired) electrons. The number of aliphatic hydroxyl groups excluding tert-OH is 1. The maximum Gasteiger partial charge on any atom is 0.330 e. The summed E-state index contributed by atoms with van der Waals surface area (Å²) in [4.78, 5) is 11.6. The molecule has 0 unspecified atom stereocenters. The first kappa shape index (κ1) is 29.3. The van der Waals surface area contributed by atoms with Crippen LogP contribution in [0.25, 0.3) is 0 Å². The van der Waals surface area contributed by atoms with Crippen molar-refractivity contribution in [1.82, 2.24) is 0 Å². The van der Waals surface area contributed by atoms with Crippen molar-refractivity contribution >= 4 is 14.3 Å². The number of hydrogen-bond acceptors (Lipinski definition) is 4. The summed E-state index contributed by atoms with van der Waals surface area (Å²) in [5, 5.41) is 10.8. The van der Waals surface area contributed by atoms with Crippen LogP contribution in [0.15, 0.2) is 12.2 Å². The zero-order valence-electron chi connectivity index (χ0n) is 21.0. The predicted molar refractivity (Wildman–Crippen MR) is 130 cm³/mol. The van der Waals surface area contributed by atoms with Crippen LogP contribution in [0.1, 0.15) is 105 Å². The lowest BCUT2D eigenvalue weighted by atomic mass is 10.0. The average Bonchev–Trinajstić information content (AvgIpc) is 2.65. The van der Waals surface area contributed by atoms with Gasteiger partial charge in [-0.05, 0) is 37.6 Å². The van der Waals surface area contributed by atoms with Crippen molar-refractivity contribution in [2.45, 2.75) is 136 Å². The molecular weight excluding hydrogens is 392 g/mol. The Morgan fingerprint density at radius 2 is 1.43 bits per heavy atom. The van der Waals surface area contributed by atoms with E-state index < -0.39 is 20.4 Å². The highest BCUT2D eigenvalue weighted by Crippen LogP contribution is 2.38. The fourth-order valence-corrected chi connectivity index (χ4v) is 4.55. The first-order valence-electron chi connectivity index (χ1n) is 12.3. The van der Waals surface area contributed by atoms with Crippen LogP contribution in [0.2, 0.25) is 18.1 Å². The molecular formula is C25H50O4Si. The number of carbonyl (C=O) groups is 1. The number of unbranched alkanes of at least 4 members (excludes halogenated alkanes) is 9. The number of hydrogen-bond donors (Lipinski definition) is 1. The molecule has 5 heteroatoms. The van der Waals surface area contributed by atoms with E-state index >= 15 is 0 Å². The van der Waals surface area contributed by atoms with Gasteiger partial charge in [0.15, 0.2) is 8.32 Å². The Kier molecular flexibility index (Phi) is 15.7. The van der Waals surface area contributed by atoms with Crippen LogP contribution in [0, 0.1) is 0 Å². The van der Waals surface area contributed by atoms with Crippen molar-refractivity contribution in [3.05, 3.63) is 12.2 Å². The summed E-state index contributed by atoms with van der Waals surface area (Å²) in [6.45, 7) is 15.4. The molecule has 4 nitrogen and oxygen atoms in total. The molecule has 0 aromatic rings.